The lowest BCUT2D eigenvalue weighted by Crippen LogP contribution is -2.27. The Bertz CT molecular complexity index is 718. The molecule has 3 atom stereocenters. The minimum Gasteiger partial charge on any atom is -0.475 e. The SMILES string of the molecule is CN(C)C(=O)COCC[C@H]1CO[C@H]2CN(Cc3ccccn3)C[C@@H]12.O=C(O)C(F)(F)F. The number of rotatable bonds is 7. The molecule has 3 heterocycles. The van der Waals surface area contributed by atoms with Crippen molar-refractivity contribution in [2.75, 3.05) is 47.0 Å². The highest BCUT2D eigenvalue weighted by atomic mass is 19.4. The highest BCUT2D eigenvalue weighted by Crippen LogP contribution is 2.35. The van der Waals surface area contributed by atoms with E-state index in [2.05, 4.69) is 16.0 Å². The Balaban J connectivity index is 0.000000423. The Morgan fingerprint density at radius 3 is 2.61 bits per heavy atom. The van der Waals surface area contributed by atoms with Crippen molar-refractivity contribution >= 4 is 11.9 Å². The maximum Gasteiger partial charge on any atom is 0.490 e. The van der Waals surface area contributed by atoms with Crippen LogP contribution >= 0.6 is 0 Å². The van der Waals surface area contributed by atoms with Gasteiger partial charge in [-0.3, -0.25) is 14.7 Å². The van der Waals surface area contributed by atoms with Crippen molar-refractivity contribution in [2.24, 2.45) is 11.8 Å². The molecule has 0 aliphatic carbocycles. The number of ether oxygens (including phenoxy) is 2. The normalized spacial score (nSPS) is 23.1. The number of likely N-dealkylation sites (N-methyl/N-ethyl adjacent to an activating group) is 1. The molecule has 3 rings (SSSR count). The van der Waals surface area contributed by atoms with E-state index < -0.39 is 12.1 Å². The minimum absolute atomic E-state index is 0.0120. The van der Waals surface area contributed by atoms with Gasteiger partial charge in [-0.25, -0.2) is 4.79 Å². The lowest BCUT2D eigenvalue weighted by Gasteiger charge is -2.19. The van der Waals surface area contributed by atoms with Gasteiger partial charge in [-0.2, -0.15) is 13.2 Å². The lowest BCUT2D eigenvalue weighted by molar-refractivity contribution is -0.192. The number of amides is 1. The number of aromatic nitrogens is 1. The molecular weight excluding hydrogens is 419 g/mol. The zero-order valence-corrected chi connectivity index (χ0v) is 17.5. The Kier molecular flexibility index (Phi) is 9.20. The fraction of sp³-hybridized carbons (Fsp3) is 0.650. The highest BCUT2D eigenvalue weighted by Gasteiger charge is 2.43. The van der Waals surface area contributed by atoms with Crippen LogP contribution in [0.1, 0.15) is 12.1 Å². The van der Waals surface area contributed by atoms with Crippen molar-refractivity contribution in [2.45, 2.75) is 25.2 Å². The van der Waals surface area contributed by atoms with Crippen LogP contribution < -0.4 is 0 Å². The number of hydrogen-bond donors (Lipinski definition) is 1. The molecule has 174 valence electrons. The van der Waals surface area contributed by atoms with Gasteiger partial charge < -0.3 is 19.5 Å². The van der Waals surface area contributed by atoms with Crippen LogP contribution in [0.15, 0.2) is 24.4 Å². The summed E-state index contributed by atoms with van der Waals surface area (Å²) in [5.41, 5.74) is 1.11. The topological polar surface area (TPSA) is 92.2 Å². The van der Waals surface area contributed by atoms with E-state index in [1.807, 2.05) is 18.3 Å². The van der Waals surface area contributed by atoms with Crippen molar-refractivity contribution < 1.29 is 37.3 Å². The monoisotopic (exact) mass is 447 g/mol. The Morgan fingerprint density at radius 2 is 2.03 bits per heavy atom. The summed E-state index contributed by atoms with van der Waals surface area (Å²) < 4.78 is 43.2. The van der Waals surface area contributed by atoms with E-state index in [0.29, 0.717) is 24.5 Å². The molecule has 0 aromatic carbocycles. The van der Waals surface area contributed by atoms with E-state index in [1.54, 1.807) is 19.0 Å². The number of pyridine rings is 1. The maximum absolute atomic E-state index is 11.5. The van der Waals surface area contributed by atoms with Crippen molar-refractivity contribution in [1.82, 2.24) is 14.8 Å². The molecule has 8 nitrogen and oxygen atoms in total. The second kappa shape index (κ2) is 11.4. The third-order valence-electron chi connectivity index (χ3n) is 5.23. The van der Waals surface area contributed by atoms with Crippen LogP contribution in [0.2, 0.25) is 0 Å². The quantitative estimate of drug-likeness (QED) is 0.636. The summed E-state index contributed by atoms with van der Waals surface area (Å²) in [7, 11) is 3.49. The zero-order valence-electron chi connectivity index (χ0n) is 17.5. The number of hydrogen-bond acceptors (Lipinski definition) is 6. The van der Waals surface area contributed by atoms with Gasteiger partial charge in [0, 0.05) is 52.5 Å². The number of fused-ring (bicyclic) bond motifs is 1. The van der Waals surface area contributed by atoms with Crippen LogP contribution in [-0.2, 0) is 25.6 Å². The van der Waals surface area contributed by atoms with Gasteiger partial charge in [-0.05, 0) is 24.5 Å². The molecule has 2 fully saturated rings. The second-order valence-electron chi connectivity index (χ2n) is 7.74. The summed E-state index contributed by atoms with van der Waals surface area (Å²) in [6.07, 6.45) is -1.95. The number of carboxylic acids is 1. The van der Waals surface area contributed by atoms with Crippen LogP contribution in [0, 0.1) is 11.8 Å². The first kappa shape index (κ1) is 25.0. The number of carbonyl (C=O) groups is 2. The summed E-state index contributed by atoms with van der Waals surface area (Å²) in [5, 5.41) is 7.12. The van der Waals surface area contributed by atoms with E-state index in [4.69, 9.17) is 19.4 Å². The molecule has 0 spiro atoms. The van der Waals surface area contributed by atoms with Crippen LogP contribution in [0.5, 0.6) is 0 Å². The molecule has 1 aromatic heterocycles. The molecule has 11 heteroatoms. The third kappa shape index (κ3) is 8.08. The van der Waals surface area contributed by atoms with Gasteiger partial charge in [-0.15, -0.1) is 0 Å². The predicted octanol–water partition coefficient (Wildman–Crippen LogP) is 1.66. The molecule has 2 aliphatic heterocycles. The Morgan fingerprint density at radius 1 is 1.32 bits per heavy atom. The molecule has 2 aliphatic rings. The first-order chi connectivity index (χ1) is 14.6. The average Bonchev–Trinajstić information content (AvgIpc) is 3.26. The molecule has 0 radical (unpaired) electrons. The van der Waals surface area contributed by atoms with E-state index in [-0.39, 0.29) is 12.5 Å². The van der Waals surface area contributed by atoms with Crippen molar-refractivity contribution in [3.05, 3.63) is 30.1 Å². The van der Waals surface area contributed by atoms with E-state index in [1.165, 1.54) is 0 Å². The summed E-state index contributed by atoms with van der Waals surface area (Å²) in [4.78, 5) is 28.8. The van der Waals surface area contributed by atoms with E-state index in [0.717, 1.165) is 38.4 Å². The van der Waals surface area contributed by atoms with Crippen molar-refractivity contribution in [3.63, 3.8) is 0 Å². The van der Waals surface area contributed by atoms with E-state index >= 15 is 0 Å². The maximum atomic E-state index is 11.5. The van der Waals surface area contributed by atoms with Crippen LogP contribution in [0.3, 0.4) is 0 Å². The number of aliphatic carboxylic acids is 1. The van der Waals surface area contributed by atoms with Gasteiger partial charge in [0.2, 0.25) is 5.91 Å². The zero-order chi connectivity index (χ0) is 23.0. The highest BCUT2D eigenvalue weighted by molar-refractivity contribution is 5.76. The standard InChI is InChI=1S/C18H27N3O3.C2HF3O2/c1-20(2)18(22)13-23-8-6-14-12-24-17-11-21(10-16(14)17)9-15-5-3-4-7-19-15;3-2(4,5)1(6)7/h3-5,7,14,16-17H,6,8-13H2,1-2H3;(H,6,7)/t14-,16-,17-;/m0./s1. The van der Waals surface area contributed by atoms with Gasteiger partial charge >= 0.3 is 12.1 Å². The third-order valence-corrected chi connectivity index (χ3v) is 5.23. The van der Waals surface area contributed by atoms with Gasteiger partial charge in [0.1, 0.15) is 6.61 Å². The fourth-order valence-corrected chi connectivity index (χ4v) is 3.55. The van der Waals surface area contributed by atoms with Crippen LogP contribution in [0.4, 0.5) is 13.2 Å². The summed E-state index contributed by atoms with van der Waals surface area (Å²) >= 11 is 0. The molecule has 0 bridgehead atoms. The number of halogens is 3. The molecule has 0 unspecified atom stereocenters. The fourth-order valence-electron chi connectivity index (χ4n) is 3.55. The molecular formula is C20H28F3N3O5. The number of nitrogens with zero attached hydrogens (tertiary/aromatic N) is 3. The smallest absolute Gasteiger partial charge is 0.475 e. The molecule has 1 amide bonds. The van der Waals surface area contributed by atoms with Gasteiger partial charge in [0.05, 0.1) is 18.4 Å². The number of carbonyl (C=O) groups excluding carboxylic acids is 1. The molecule has 1 N–H and O–H groups in total. The first-order valence-corrected chi connectivity index (χ1v) is 9.89. The van der Waals surface area contributed by atoms with Crippen molar-refractivity contribution in [3.8, 4) is 0 Å². The lowest BCUT2D eigenvalue weighted by atomic mass is 9.91. The Hall–Kier alpha value is -2.24. The first-order valence-electron chi connectivity index (χ1n) is 9.89. The van der Waals surface area contributed by atoms with Gasteiger partial charge in [0.15, 0.2) is 0 Å². The molecule has 31 heavy (non-hydrogen) atoms. The van der Waals surface area contributed by atoms with Gasteiger partial charge in [0.25, 0.3) is 0 Å². The van der Waals surface area contributed by atoms with E-state index in [9.17, 15) is 18.0 Å². The largest absolute Gasteiger partial charge is 0.490 e. The van der Waals surface area contributed by atoms with Crippen molar-refractivity contribution in [1.29, 1.82) is 0 Å². The predicted molar refractivity (Wildman–Crippen MR) is 104 cm³/mol. The Labute approximate surface area is 178 Å². The summed E-state index contributed by atoms with van der Waals surface area (Å²) in [6.45, 7) is 4.54. The van der Waals surface area contributed by atoms with Gasteiger partial charge in [-0.1, -0.05) is 6.07 Å². The van der Waals surface area contributed by atoms with Crippen LogP contribution in [0.25, 0.3) is 0 Å². The summed E-state index contributed by atoms with van der Waals surface area (Å²) in [5.74, 6) is -1.65. The number of alkyl halides is 3. The molecule has 0 saturated carbocycles. The molecule has 2 saturated heterocycles. The summed E-state index contributed by atoms with van der Waals surface area (Å²) in [6, 6.07) is 6.05. The molecule has 1 aromatic rings. The number of likely N-dealkylation sites (tertiary alicyclic amines) is 1. The minimum atomic E-state index is -5.08. The second-order valence-corrected chi connectivity index (χ2v) is 7.74. The number of carboxylic acid groups (broad SMARTS) is 1. The average molecular weight is 447 g/mol. The van der Waals surface area contributed by atoms with Crippen LogP contribution in [-0.4, -0.2) is 91.1 Å².